The molecule has 0 aliphatic heterocycles. The summed E-state index contributed by atoms with van der Waals surface area (Å²) in [5.74, 6) is -1.51. The SMILES string of the molecule is CC(c1cc(F)ccc1F)N(C)C(=O)c1ccncc1Cl. The minimum Gasteiger partial charge on any atom is -0.335 e. The molecular weight excluding hydrogens is 298 g/mol. The van der Waals surface area contributed by atoms with Crippen LogP contribution < -0.4 is 0 Å². The van der Waals surface area contributed by atoms with Gasteiger partial charge in [0.05, 0.1) is 16.6 Å². The lowest BCUT2D eigenvalue weighted by Crippen LogP contribution is -2.30. The number of benzene rings is 1. The first-order chi connectivity index (χ1) is 9.91. The third kappa shape index (κ3) is 3.19. The monoisotopic (exact) mass is 310 g/mol. The molecule has 21 heavy (non-hydrogen) atoms. The van der Waals surface area contributed by atoms with Crippen molar-refractivity contribution in [2.24, 2.45) is 0 Å². The molecule has 6 heteroatoms. The Hall–Kier alpha value is -2.01. The summed E-state index contributed by atoms with van der Waals surface area (Å²) in [5.41, 5.74) is 0.369. The lowest BCUT2D eigenvalue weighted by molar-refractivity contribution is 0.0740. The number of carbonyl (C=O) groups is 1. The molecule has 1 atom stereocenters. The molecule has 0 aliphatic carbocycles. The Morgan fingerprint density at radius 2 is 2.05 bits per heavy atom. The Bertz CT molecular complexity index is 678. The Morgan fingerprint density at radius 1 is 1.33 bits per heavy atom. The molecule has 2 rings (SSSR count). The van der Waals surface area contributed by atoms with Crippen molar-refractivity contribution in [2.45, 2.75) is 13.0 Å². The third-order valence-corrected chi connectivity index (χ3v) is 3.61. The maximum atomic E-state index is 13.8. The second-order valence-corrected chi connectivity index (χ2v) is 5.02. The Balaban J connectivity index is 2.31. The largest absolute Gasteiger partial charge is 0.335 e. The zero-order chi connectivity index (χ0) is 15.6. The predicted octanol–water partition coefficient (Wildman–Crippen LogP) is 3.85. The molecule has 0 aliphatic rings. The molecule has 1 aromatic carbocycles. The van der Waals surface area contributed by atoms with E-state index in [1.807, 2.05) is 0 Å². The van der Waals surface area contributed by atoms with Crippen molar-refractivity contribution in [3.8, 4) is 0 Å². The van der Waals surface area contributed by atoms with Crippen LogP contribution in [0.25, 0.3) is 0 Å². The number of hydrogen-bond donors (Lipinski definition) is 0. The van der Waals surface area contributed by atoms with Gasteiger partial charge < -0.3 is 4.90 Å². The fourth-order valence-corrected chi connectivity index (χ4v) is 2.16. The van der Waals surface area contributed by atoms with Crippen LogP contribution in [-0.4, -0.2) is 22.8 Å². The number of halogens is 3. The van der Waals surface area contributed by atoms with Gasteiger partial charge in [-0.15, -0.1) is 0 Å². The van der Waals surface area contributed by atoms with Gasteiger partial charge in [-0.05, 0) is 31.2 Å². The summed E-state index contributed by atoms with van der Waals surface area (Å²) in [6.45, 7) is 1.62. The molecule has 0 radical (unpaired) electrons. The number of carbonyl (C=O) groups excluding carboxylic acids is 1. The maximum Gasteiger partial charge on any atom is 0.255 e. The summed E-state index contributed by atoms with van der Waals surface area (Å²) in [6.07, 6.45) is 2.80. The second-order valence-electron chi connectivity index (χ2n) is 4.61. The van der Waals surface area contributed by atoms with Crippen LogP contribution in [-0.2, 0) is 0 Å². The fourth-order valence-electron chi connectivity index (χ4n) is 1.96. The minimum atomic E-state index is -0.641. The van der Waals surface area contributed by atoms with E-state index in [9.17, 15) is 13.6 Å². The van der Waals surface area contributed by atoms with E-state index < -0.39 is 23.6 Å². The van der Waals surface area contributed by atoms with Gasteiger partial charge in [0.2, 0.25) is 0 Å². The first-order valence-corrected chi connectivity index (χ1v) is 6.61. The van der Waals surface area contributed by atoms with E-state index in [1.165, 1.54) is 30.4 Å². The number of hydrogen-bond acceptors (Lipinski definition) is 2. The first-order valence-electron chi connectivity index (χ1n) is 6.23. The van der Waals surface area contributed by atoms with E-state index in [1.54, 1.807) is 6.92 Å². The molecule has 3 nitrogen and oxygen atoms in total. The van der Waals surface area contributed by atoms with Crippen LogP contribution in [0.15, 0.2) is 36.7 Å². The summed E-state index contributed by atoms with van der Waals surface area (Å²) >= 11 is 5.93. The van der Waals surface area contributed by atoms with Gasteiger partial charge in [-0.25, -0.2) is 8.78 Å². The summed E-state index contributed by atoms with van der Waals surface area (Å²) < 4.78 is 27.0. The molecule has 0 N–H and O–H groups in total. The molecule has 0 spiro atoms. The number of amides is 1. The highest BCUT2D eigenvalue weighted by molar-refractivity contribution is 6.33. The van der Waals surface area contributed by atoms with Crippen molar-refractivity contribution < 1.29 is 13.6 Å². The van der Waals surface area contributed by atoms with E-state index in [2.05, 4.69) is 4.98 Å². The molecule has 1 unspecified atom stereocenters. The van der Waals surface area contributed by atoms with Crippen LogP contribution in [0.3, 0.4) is 0 Å². The van der Waals surface area contributed by atoms with Crippen molar-refractivity contribution in [3.63, 3.8) is 0 Å². The Labute approximate surface area is 126 Å². The highest BCUT2D eigenvalue weighted by Crippen LogP contribution is 2.25. The maximum absolute atomic E-state index is 13.8. The van der Waals surface area contributed by atoms with Gasteiger partial charge in [0, 0.05) is 25.0 Å². The molecule has 0 saturated heterocycles. The molecule has 0 bridgehead atoms. The van der Waals surface area contributed by atoms with Gasteiger partial charge in [0.15, 0.2) is 0 Å². The molecule has 1 aromatic heterocycles. The highest BCUT2D eigenvalue weighted by atomic mass is 35.5. The van der Waals surface area contributed by atoms with Crippen LogP contribution >= 0.6 is 11.6 Å². The smallest absolute Gasteiger partial charge is 0.255 e. The quantitative estimate of drug-likeness (QED) is 0.863. The van der Waals surface area contributed by atoms with Crippen LogP contribution in [0.4, 0.5) is 8.78 Å². The normalized spacial score (nSPS) is 12.0. The van der Waals surface area contributed by atoms with Crippen molar-refractivity contribution >= 4 is 17.5 Å². The van der Waals surface area contributed by atoms with Crippen molar-refractivity contribution in [3.05, 3.63) is 64.4 Å². The van der Waals surface area contributed by atoms with Crippen molar-refractivity contribution in [1.82, 2.24) is 9.88 Å². The van der Waals surface area contributed by atoms with Gasteiger partial charge in [-0.1, -0.05) is 11.6 Å². The predicted molar refractivity (Wildman–Crippen MR) is 76.1 cm³/mol. The second kappa shape index (κ2) is 6.18. The van der Waals surface area contributed by atoms with Gasteiger partial charge in [-0.3, -0.25) is 9.78 Å². The zero-order valence-corrected chi connectivity index (χ0v) is 12.2. The Kier molecular flexibility index (Phi) is 4.53. The van der Waals surface area contributed by atoms with Crippen molar-refractivity contribution in [2.75, 3.05) is 7.05 Å². The van der Waals surface area contributed by atoms with E-state index in [0.29, 0.717) is 0 Å². The summed E-state index contributed by atoms with van der Waals surface area (Å²) in [4.78, 5) is 17.5. The summed E-state index contributed by atoms with van der Waals surface area (Å²) in [7, 11) is 1.51. The molecular formula is C15H13ClF2N2O. The lowest BCUT2D eigenvalue weighted by atomic mass is 10.1. The third-order valence-electron chi connectivity index (χ3n) is 3.31. The standard InChI is InChI=1S/C15H13ClF2N2O/c1-9(12-7-10(17)3-4-14(12)18)20(2)15(21)11-5-6-19-8-13(11)16/h3-9H,1-2H3. The number of aromatic nitrogens is 1. The highest BCUT2D eigenvalue weighted by Gasteiger charge is 2.23. The van der Waals surface area contributed by atoms with E-state index in [-0.39, 0.29) is 16.1 Å². The number of pyridine rings is 1. The number of rotatable bonds is 3. The zero-order valence-electron chi connectivity index (χ0n) is 11.5. The molecule has 1 heterocycles. The van der Waals surface area contributed by atoms with E-state index in [4.69, 9.17) is 11.6 Å². The van der Waals surface area contributed by atoms with Crippen LogP contribution in [0.1, 0.15) is 28.9 Å². The lowest BCUT2D eigenvalue weighted by Gasteiger charge is -2.26. The summed E-state index contributed by atoms with van der Waals surface area (Å²) in [5, 5.41) is 0.210. The molecule has 0 fully saturated rings. The average Bonchev–Trinajstić information content (AvgIpc) is 2.48. The minimum absolute atomic E-state index is 0.107. The fraction of sp³-hybridized carbons (Fsp3) is 0.200. The van der Waals surface area contributed by atoms with Crippen LogP contribution in [0.2, 0.25) is 5.02 Å². The van der Waals surface area contributed by atoms with Gasteiger partial charge in [-0.2, -0.15) is 0 Å². The van der Waals surface area contributed by atoms with Crippen LogP contribution in [0, 0.1) is 11.6 Å². The molecule has 0 saturated carbocycles. The number of nitrogens with zero attached hydrogens (tertiary/aromatic N) is 2. The van der Waals surface area contributed by atoms with Gasteiger partial charge in [0.25, 0.3) is 5.91 Å². The van der Waals surface area contributed by atoms with Gasteiger partial charge in [0.1, 0.15) is 11.6 Å². The Morgan fingerprint density at radius 3 is 2.71 bits per heavy atom. The summed E-state index contributed by atoms with van der Waals surface area (Å²) in [6, 6.07) is 4.00. The topological polar surface area (TPSA) is 33.2 Å². The molecule has 2 aromatic rings. The van der Waals surface area contributed by atoms with Crippen LogP contribution in [0.5, 0.6) is 0 Å². The first kappa shape index (κ1) is 15.4. The van der Waals surface area contributed by atoms with Crippen molar-refractivity contribution in [1.29, 1.82) is 0 Å². The molecule has 110 valence electrons. The van der Waals surface area contributed by atoms with E-state index in [0.717, 1.165) is 18.2 Å². The average molecular weight is 311 g/mol. The molecule has 1 amide bonds. The van der Waals surface area contributed by atoms with Gasteiger partial charge >= 0.3 is 0 Å². The van der Waals surface area contributed by atoms with E-state index >= 15 is 0 Å².